The summed E-state index contributed by atoms with van der Waals surface area (Å²) < 4.78 is 7.59. The number of nitrogens with zero attached hydrogens (tertiary/aromatic N) is 4. The molecular weight excluding hydrogens is 318 g/mol. The van der Waals surface area contributed by atoms with Crippen LogP contribution in [0.2, 0.25) is 0 Å². The molecule has 2 aliphatic rings. The molecule has 2 aliphatic heterocycles. The van der Waals surface area contributed by atoms with Crippen LogP contribution in [0.5, 0.6) is 0 Å². The third-order valence-corrected chi connectivity index (χ3v) is 4.88. The molecule has 1 N–H and O–H groups in total. The van der Waals surface area contributed by atoms with Gasteiger partial charge >= 0.3 is 6.03 Å². The zero-order valence-electron chi connectivity index (χ0n) is 14.3. The van der Waals surface area contributed by atoms with E-state index in [0.29, 0.717) is 25.5 Å². The molecule has 7 heteroatoms. The van der Waals surface area contributed by atoms with Crippen molar-refractivity contribution in [3.05, 3.63) is 48.2 Å². The number of benzene rings is 1. The van der Waals surface area contributed by atoms with Crippen LogP contribution in [0.3, 0.4) is 0 Å². The van der Waals surface area contributed by atoms with Gasteiger partial charge in [0.2, 0.25) is 0 Å². The van der Waals surface area contributed by atoms with Crippen LogP contribution < -0.4 is 5.32 Å². The van der Waals surface area contributed by atoms with E-state index in [9.17, 15) is 4.79 Å². The average Bonchev–Trinajstić information content (AvgIpc) is 3.22. The van der Waals surface area contributed by atoms with E-state index in [4.69, 9.17) is 4.74 Å². The maximum atomic E-state index is 12.5. The summed E-state index contributed by atoms with van der Waals surface area (Å²) in [5, 5.41) is 7.06. The Morgan fingerprint density at radius 2 is 2.12 bits per heavy atom. The Morgan fingerprint density at radius 1 is 1.28 bits per heavy atom. The number of likely N-dealkylation sites (tertiary alicyclic amines) is 1. The van der Waals surface area contributed by atoms with E-state index in [1.165, 1.54) is 5.56 Å². The number of aryl methyl sites for hydroxylation is 1. The Balaban J connectivity index is 1.40. The summed E-state index contributed by atoms with van der Waals surface area (Å²) in [4.78, 5) is 16.8. The lowest BCUT2D eigenvalue weighted by Gasteiger charge is -2.36. The summed E-state index contributed by atoms with van der Waals surface area (Å²) in [6.07, 6.45) is 1.89. The normalized spacial score (nSPS) is 23.5. The first kappa shape index (κ1) is 16.1. The number of anilines is 1. The fraction of sp³-hybridized carbons (Fsp3) is 0.444. The van der Waals surface area contributed by atoms with Gasteiger partial charge in [-0.3, -0.25) is 14.9 Å². The van der Waals surface area contributed by atoms with E-state index < -0.39 is 0 Å². The fourth-order valence-corrected chi connectivity index (χ4v) is 3.61. The highest BCUT2D eigenvalue weighted by molar-refractivity contribution is 5.88. The van der Waals surface area contributed by atoms with Gasteiger partial charge in [-0.25, -0.2) is 4.79 Å². The standard InChI is InChI=1S/C18H23N5O2/c1-21-8-7-17(20-21)19-18(24)23-12-15-16(13-23)25-10-9-22(15)11-14-5-3-2-4-6-14/h2-8,15-16H,9-13H2,1H3,(H,19,20,24)/t15-,16-/m0/s1. The smallest absolute Gasteiger partial charge is 0.323 e. The van der Waals surface area contributed by atoms with Gasteiger partial charge in [0.1, 0.15) is 0 Å². The molecule has 2 saturated heterocycles. The molecule has 0 bridgehead atoms. The number of fused-ring (bicyclic) bond motifs is 1. The van der Waals surface area contributed by atoms with E-state index in [1.54, 1.807) is 10.7 Å². The molecule has 2 amide bonds. The molecule has 2 fully saturated rings. The molecule has 1 aromatic heterocycles. The number of nitrogens with one attached hydrogen (secondary N) is 1. The Labute approximate surface area is 147 Å². The molecule has 3 heterocycles. The van der Waals surface area contributed by atoms with E-state index in [2.05, 4.69) is 39.6 Å². The summed E-state index contributed by atoms with van der Waals surface area (Å²) in [6, 6.07) is 12.4. The van der Waals surface area contributed by atoms with Crippen LogP contribution in [-0.4, -0.2) is 64.0 Å². The molecule has 2 atom stereocenters. The zero-order chi connectivity index (χ0) is 17.2. The number of hydrogen-bond acceptors (Lipinski definition) is 4. The topological polar surface area (TPSA) is 62.6 Å². The summed E-state index contributed by atoms with van der Waals surface area (Å²) in [5.41, 5.74) is 1.29. The maximum absolute atomic E-state index is 12.5. The van der Waals surface area contributed by atoms with E-state index in [1.807, 2.05) is 24.2 Å². The van der Waals surface area contributed by atoms with Crippen molar-refractivity contribution < 1.29 is 9.53 Å². The van der Waals surface area contributed by atoms with Gasteiger partial charge in [-0.05, 0) is 5.56 Å². The van der Waals surface area contributed by atoms with E-state index >= 15 is 0 Å². The lowest BCUT2D eigenvalue weighted by Crippen LogP contribution is -2.50. The van der Waals surface area contributed by atoms with Crippen molar-refractivity contribution >= 4 is 11.8 Å². The van der Waals surface area contributed by atoms with Crippen molar-refractivity contribution in [2.24, 2.45) is 7.05 Å². The van der Waals surface area contributed by atoms with Crippen molar-refractivity contribution in [3.8, 4) is 0 Å². The van der Waals surface area contributed by atoms with Crippen LogP contribution in [0.1, 0.15) is 5.56 Å². The third-order valence-electron chi connectivity index (χ3n) is 4.88. The largest absolute Gasteiger partial charge is 0.373 e. The first-order chi connectivity index (χ1) is 12.2. The second-order valence-corrected chi connectivity index (χ2v) is 6.64. The van der Waals surface area contributed by atoms with Gasteiger partial charge in [0.15, 0.2) is 5.82 Å². The van der Waals surface area contributed by atoms with Crippen LogP contribution in [0, 0.1) is 0 Å². The molecule has 1 aromatic carbocycles. The number of urea groups is 1. The summed E-state index contributed by atoms with van der Waals surface area (Å²) in [6.45, 7) is 3.79. The molecule has 25 heavy (non-hydrogen) atoms. The minimum Gasteiger partial charge on any atom is -0.373 e. The minimum absolute atomic E-state index is 0.0759. The zero-order valence-corrected chi connectivity index (χ0v) is 14.3. The lowest BCUT2D eigenvalue weighted by atomic mass is 10.1. The molecule has 0 aliphatic carbocycles. The Kier molecular flexibility index (Phi) is 4.42. The van der Waals surface area contributed by atoms with Crippen LogP contribution in [-0.2, 0) is 18.3 Å². The van der Waals surface area contributed by atoms with Crippen molar-refractivity contribution in [2.45, 2.75) is 18.7 Å². The van der Waals surface area contributed by atoms with Crippen molar-refractivity contribution in [3.63, 3.8) is 0 Å². The molecule has 132 valence electrons. The molecule has 0 spiro atoms. The maximum Gasteiger partial charge on any atom is 0.323 e. The molecule has 0 unspecified atom stereocenters. The van der Waals surface area contributed by atoms with Crippen LogP contribution in [0.4, 0.5) is 10.6 Å². The van der Waals surface area contributed by atoms with Gasteiger partial charge < -0.3 is 9.64 Å². The highest BCUT2D eigenvalue weighted by Gasteiger charge is 2.41. The quantitative estimate of drug-likeness (QED) is 0.920. The monoisotopic (exact) mass is 341 g/mol. The van der Waals surface area contributed by atoms with Crippen LogP contribution in [0.25, 0.3) is 0 Å². The second kappa shape index (κ2) is 6.85. The van der Waals surface area contributed by atoms with Crippen molar-refractivity contribution in [1.82, 2.24) is 19.6 Å². The number of carbonyl (C=O) groups excluding carboxylic acids is 1. The van der Waals surface area contributed by atoms with Gasteiger partial charge in [-0.1, -0.05) is 30.3 Å². The molecule has 0 saturated carbocycles. The molecular formula is C18H23N5O2. The molecule has 7 nitrogen and oxygen atoms in total. The predicted octanol–water partition coefficient (Wildman–Crippen LogP) is 1.54. The summed E-state index contributed by atoms with van der Waals surface area (Å²) >= 11 is 0. The molecule has 2 aromatic rings. The number of rotatable bonds is 3. The number of ether oxygens (including phenoxy) is 1. The van der Waals surface area contributed by atoms with Gasteiger partial charge in [0.05, 0.1) is 25.3 Å². The van der Waals surface area contributed by atoms with Gasteiger partial charge in [0.25, 0.3) is 0 Å². The third kappa shape index (κ3) is 3.52. The SMILES string of the molecule is Cn1ccc(NC(=O)N2C[C@@H]3OCCN(Cc4ccccc4)[C@H]3C2)n1. The van der Waals surface area contributed by atoms with Gasteiger partial charge in [0, 0.05) is 38.9 Å². The number of hydrogen-bond donors (Lipinski definition) is 1. The Morgan fingerprint density at radius 3 is 2.88 bits per heavy atom. The van der Waals surface area contributed by atoms with Gasteiger partial charge in [-0.2, -0.15) is 5.10 Å². The number of morpholine rings is 1. The minimum atomic E-state index is -0.114. The first-order valence-corrected chi connectivity index (χ1v) is 8.64. The molecule has 4 rings (SSSR count). The number of carbonyl (C=O) groups is 1. The number of aromatic nitrogens is 2. The van der Waals surface area contributed by atoms with Crippen molar-refractivity contribution in [1.29, 1.82) is 0 Å². The van der Waals surface area contributed by atoms with Crippen LogP contribution in [0.15, 0.2) is 42.6 Å². The second-order valence-electron chi connectivity index (χ2n) is 6.64. The predicted molar refractivity (Wildman–Crippen MR) is 94.2 cm³/mol. The highest BCUT2D eigenvalue weighted by atomic mass is 16.5. The first-order valence-electron chi connectivity index (χ1n) is 8.64. The van der Waals surface area contributed by atoms with E-state index in [-0.39, 0.29) is 18.2 Å². The van der Waals surface area contributed by atoms with Crippen molar-refractivity contribution in [2.75, 3.05) is 31.6 Å². The fourth-order valence-electron chi connectivity index (χ4n) is 3.61. The summed E-state index contributed by atoms with van der Waals surface area (Å²) in [5.74, 6) is 0.574. The van der Waals surface area contributed by atoms with E-state index in [0.717, 1.165) is 13.1 Å². The lowest BCUT2D eigenvalue weighted by molar-refractivity contribution is -0.0503. The van der Waals surface area contributed by atoms with Crippen LogP contribution >= 0.6 is 0 Å². The Bertz CT molecular complexity index is 732. The summed E-state index contributed by atoms with van der Waals surface area (Å²) in [7, 11) is 1.83. The Hall–Kier alpha value is -2.38. The average molecular weight is 341 g/mol. The number of amides is 2. The van der Waals surface area contributed by atoms with Gasteiger partial charge in [-0.15, -0.1) is 0 Å². The molecule has 0 radical (unpaired) electrons. The highest BCUT2D eigenvalue weighted by Crippen LogP contribution is 2.25.